The molecule has 0 bridgehead atoms. The SMILES string of the molecule is CCC(O)(CC)C(C)C(C)(C)C. The smallest absolute Gasteiger partial charge is 0.0672 e. The Balaban J connectivity index is 4.53. The van der Waals surface area contributed by atoms with Gasteiger partial charge in [0.15, 0.2) is 0 Å². The second-order valence-corrected chi connectivity index (χ2v) is 4.90. The second kappa shape index (κ2) is 3.78. The molecule has 1 heteroatoms. The van der Waals surface area contributed by atoms with E-state index in [9.17, 15) is 5.11 Å². The van der Waals surface area contributed by atoms with Gasteiger partial charge in [-0.3, -0.25) is 0 Å². The van der Waals surface area contributed by atoms with Crippen LogP contribution in [0.2, 0.25) is 0 Å². The van der Waals surface area contributed by atoms with Crippen LogP contribution < -0.4 is 0 Å². The number of hydrogen-bond donors (Lipinski definition) is 1. The third kappa shape index (κ3) is 2.48. The Morgan fingerprint density at radius 2 is 1.42 bits per heavy atom. The van der Waals surface area contributed by atoms with E-state index in [1.54, 1.807) is 0 Å². The van der Waals surface area contributed by atoms with Crippen LogP contribution in [0, 0.1) is 11.3 Å². The molecule has 12 heavy (non-hydrogen) atoms. The third-order valence-corrected chi connectivity index (χ3v) is 3.33. The molecule has 74 valence electrons. The summed E-state index contributed by atoms with van der Waals surface area (Å²) in [6.07, 6.45) is 1.70. The molecule has 0 aromatic carbocycles. The number of hydrogen-bond acceptors (Lipinski definition) is 1. The summed E-state index contributed by atoms with van der Waals surface area (Å²) in [7, 11) is 0. The van der Waals surface area contributed by atoms with Gasteiger partial charge in [0.25, 0.3) is 0 Å². The van der Waals surface area contributed by atoms with Gasteiger partial charge in [0.05, 0.1) is 5.60 Å². The van der Waals surface area contributed by atoms with Crippen molar-refractivity contribution in [2.24, 2.45) is 11.3 Å². The van der Waals surface area contributed by atoms with Gasteiger partial charge in [0.1, 0.15) is 0 Å². The Morgan fingerprint density at radius 1 is 1.08 bits per heavy atom. The highest BCUT2D eigenvalue weighted by atomic mass is 16.3. The lowest BCUT2D eigenvalue weighted by atomic mass is 9.69. The van der Waals surface area contributed by atoms with Crippen molar-refractivity contribution in [3.05, 3.63) is 0 Å². The van der Waals surface area contributed by atoms with E-state index < -0.39 is 5.60 Å². The standard InChI is InChI=1S/C11H24O/c1-7-11(12,8-2)9(3)10(4,5)6/h9,12H,7-8H2,1-6H3. The molecule has 0 aliphatic rings. The number of aliphatic hydroxyl groups is 1. The lowest BCUT2D eigenvalue weighted by Crippen LogP contribution is -2.41. The van der Waals surface area contributed by atoms with Crippen LogP contribution in [0.5, 0.6) is 0 Å². The summed E-state index contributed by atoms with van der Waals surface area (Å²) in [4.78, 5) is 0. The van der Waals surface area contributed by atoms with E-state index in [-0.39, 0.29) is 5.41 Å². The van der Waals surface area contributed by atoms with Crippen LogP contribution in [-0.4, -0.2) is 10.7 Å². The summed E-state index contributed by atoms with van der Waals surface area (Å²) >= 11 is 0. The van der Waals surface area contributed by atoms with E-state index in [1.807, 2.05) is 0 Å². The minimum atomic E-state index is -0.474. The molecule has 0 aliphatic heterocycles. The van der Waals surface area contributed by atoms with Crippen LogP contribution in [0.1, 0.15) is 54.4 Å². The van der Waals surface area contributed by atoms with Gasteiger partial charge in [-0.1, -0.05) is 41.5 Å². The molecule has 0 fully saturated rings. The Hall–Kier alpha value is -0.0400. The lowest BCUT2D eigenvalue weighted by molar-refractivity contribution is -0.0595. The largest absolute Gasteiger partial charge is 0.390 e. The highest BCUT2D eigenvalue weighted by Gasteiger charge is 2.37. The lowest BCUT2D eigenvalue weighted by Gasteiger charge is -2.40. The summed E-state index contributed by atoms with van der Waals surface area (Å²) in [6, 6.07) is 0. The first-order valence-electron chi connectivity index (χ1n) is 5.00. The van der Waals surface area contributed by atoms with Crippen LogP contribution in [-0.2, 0) is 0 Å². The van der Waals surface area contributed by atoms with E-state index >= 15 is 0 Å². The molecule has 1 unspecified atom stereocenters. The molecular weight excluding hydrogens is 148 g/mol. The van der Waals surface area contributed by atoms with Crippen molar-refractivity contribution in [3.63, 3.8) is 0 Å². The molecule has 1 nitrogen and oxygen atoms in total. The van der Waals surface area contributed by atoms with Crippen molar-refractivity contribution in [2.45, 2.75) is 60.0 Å². The fourth-order valence-electron chi connectivity index (χ4n) is 1.67. The normalized spacial score (nSPS) is 16.2. The summed E-state index contributed by atoms with van der Waals surface area (Å²) in [5.41, 5.74) is -0.279. The number of rotatable bonds is 3. The average molecular weight is 172 g/mol. The van der Waals surface area contributed by atoms with Gasteiger partial charge < -0.3 is 5.11 Å². The molecule has 0 rings (SSSR count). The fraction of sp³-hybridized carbons (Fsp3) is 1.00. The predicted molar refractivity (Wildman–Crippen MR) is 54.2 cm³/mol. The maximum Gasteiger partial charge on any atom is 0.0672 e. The van der Waals surface area contributed by atoms with Gasteiger partial charge in [0.2, 0.25) is 0 Å². The Kier molecular flexibility index (Phi) is 3.77. The first-order chi connectivity index (χ1) is 5.28. The van der Waals surface area contributed by atoms with E-state index in [0.717, 1.165) is 12.8 Å². The van der Waals surface area contributed by atoms with Crippen molar-refractivity contribution in [3.8, 4) is 0 Å². The van der Waals surface area contributed by atoms with Gasteiger partial charge in [-0.05, 0) is 24.2 Å². The van der Waals surface area contributed by atoms with Gasteiger partial charge >= 0.3 is 0 Å². The summed E-state index contributed by atoms with van der Waals surface area (Å²) in [5.74, 6) is 0.347. The molecule has 0 aliphatic carbocycles. The van der Waals surface area contributed by atoms with Crippen LogP contribution in [0.25, 0.3) is 0 Å². The van der Waals surface area contributed by atoms with Gasteiger partial charge in [-0.25, -0.2) is 0 Å². The quantitative estimate of drug-likeness (QED) is 0.693. The Morgan fingerprint density at radius 3 is 1.50 bits per heavy atom. The summed E-state index contributed by atoms with van der Waals surface area (Å²) in [5, 5.41) is 10.2. The van der Waals surface area contributed by atoms with E-state index in [2.05, 4.69) is 41.5 Å². The van der Waals surface area contributed by atoms with Crippen molar-refractivity contribution in [1.29, 1.82) is 0 Å². The highest BCUT2D eigenvalue weighted by Crippen LogP contribution is 2.37. The first kappa shape index (κ1) is 12.0. The molecule has 0 aromatic heterocycles. The maximum absolute atomic E-state index is 10.2. The molecule has 1 atom stereocenters. The molecule has 1 N–H and O–H groups in total. The van der Waals surface area contributed by atoms with Crippen molar-refractivity contribution in [2.75, 3.05) is 0 Å². The summed E-state index contributed by atoms with van der Waals surface area (Å²) in [6.45, 7) is 12.8. The average Bonchev–Trinajstić information content (AvgIpc) is 2.00. The van der Waals surface area contributed by atoms with Crippen molar-refractivity contribution >= 4 is 0 Å². The van der Waals surface area contributed by atoms with Crippen LogP contribution in [0.15, 0.2) is 0 Å². The Labute approximate surface area is 77.2 Å². The highest BCUT2D eigenvalue weighted by molar-refractivity contribution is 4.88. The van der Waals surface area contributed by atoms with E-state index in [4.69, 9.17) is 0 Å². The van der Waals surface area contributed by atoms with E-state index in [0.29, 0.717) is 5.92 Å². The maximum atomic E-state index is 10.2. The van der Waals surface area contributed by atoms with Gasteiger partial charge in [-0.15, -0.1) is 0 Å². The zero-order chi connectivity index (χ0) is 9.99. The van der Waals surface area contributed by atoms with Crippen molar-refractivity contribution in [1.82, 2.24) is 0 Å². The Bertz CT molecular complexity index is 128. The molecule has 0 saturated carbocycles. The van der Waals surface area contributed by atoms with Crippen LogP contribution >= 0.6 is 0 Å². The minimum Gasteiger partial charge on any atom is -0.390 e. The molecule has 0 saturated heterocycles. The van der Waals surface area contributed by atoms with Crippen molar-refractivity contribution < 1.29 is 5.11 Å². The van der Waals surface area contributed by atoms with Crippen LogP contribution in [0.3, 0.4) is 0 Å². The minimum absolute atomic E-state index is 0.195. The van der Waals surface area contributed by atoms with E-state index in [1.165, 1.54) is 0 Å². The topological polar surface area (TPSA) is 20.2 Å². The summed E-state index contributed by atoms with van der Waals surface area (Å²) < 4.78 is 0. The molecule has 0 aromatic rings. The van der Waals surface area contributed by atoms with Gasteiger partial charge in [-0.2, -0.15) is 0 Å². The van der Waals surface area contributed by atoms with Crippen LogP contribution in [0.4, 0.5) is 0 Å². The predicted octanol–water partition coefficient (Wildman–Crippen LogP) is 3.22. The first-order valence-corrected chi connectivity index (χ1v) is 5.00. The molecule has 0 amide bonds. The van der Waals surface area contributed by atoms with Gasteiger partial charge in [0, 0.05) is 0 Å². The monoisotopic (exact) mass is 172 g/mol. The molecule has 0 heterocycles. The molecular formula is C11H24O. The molecule has 0 spiro atoms. The molecule has 0 radical (unpaired) electrons. The second-order valence-electron chi connectivity index (χ2n) is 4.90. The fourth-order valence-corrected chi connectivity index (χ4v) is 1.67. The zero-order valence-corrected chi connectivity index (χ0v) is 9.44. The third-order valence-electron chi connectivity index (χ3n) is 3.33. The zero-order valence-electron chi connectivity index (χ0n) is 9.44.